The van der Waals surface area contributed by atoms with Crippen LogP contribution in [0.3, 0.4) is 0 Å². The molecule has 0 aliphatic heterocycles. The number of rotatable bonds is 2. The second-order valence-electron chi connectivity index (χ2n) is 3.19. The first-order chi connectivity index (χ1) is 8.11. The molecular formula is C11H5FN2O3. The van der Waals surface area contributed by atoms with Gasteiger partial charge in [-0.1, -0.05) is 5.16 Å². The molecule has 0 aliphatic rings. The van der Waals surface area contributed by atoms with Gasteiger partial charge in [-0.2, -0.15) is 5.26 Å². The number of carboxylic acid groups (broad SMARTS) is 1. The molecule has 1 N–H and O–H groups in total. The second-order valence-corrected chi connectivity index (χ2v) is 3.19. The number of hydrogen-bond donors (Lipinski definition) is 1. The number of aromatic carboxylic acids is 1. The van der Waals surface area contributed by atoms with Gasteiger partial charge in [-0.3, -0.25) is 0 Å². The van der Waals surface area contributed by atoms with Crippen LogP contribution in [0.2, 0.25) is 0 Å². The Morgan fingerprint density at radius 3 is 2.82 bits per heavy atom. The van der Waals surface area contributed by atoms with Gasteiger partial charge >= 0.3 is 5.97 Å². The van der Waals surface area contributed by atoms with Crippen molar-refractivity contribution in [1.82, 2.24) is 5.16 Å². The summed E-state index contributed by atoms with van der Waals surface area (Å²) in [4.78, 5) is 10.6. The molecule has 5 nitrogen and oxygen atoms in total. The molecule has 17 heavy (non-hydrogen) atoms. The van der Waals surface area contributed by atoms with E-state index in [2.05, 4.69) is 5.16 Å². The fraction of sp³-hybridized carbons (Fsp3) is 0. The minimum absolute atomic E-state index is 0.143. The lowest BCUT2D eigenvalue weighted by atomic mass is 10.1. The van der Waals surface area contributed by atoms with Crippen molar-refractivity contribution >= 4 is 5.97 Å². The summed E-state index contributed by atoms with van der Waals surface area (Å²) in [6.45, 7) is 0. The highest BCUT2D eigenvalue weighted by atomic mass is 19.1. The van der Waals surface area contributed by atoms with Gasteiger partial charge in [-0.15, -0.1) is 0 Å². The number of carboxylic acids is 1. The van der Waals surface area contributed by atoms with Crippen molar-refractivity contribution in [3.05, 3.63) is 41.3 Å². The monoisotopic (exact) mass is 232 g/mol. The Bertz CT molecular complexity index is 628. The third-order valence-electron chi connectivity index (χ3n) is 2.10. The van der Waals surface area contributed by atoms with E-state index in [0.29, 0.717) is 5.56 Å². The Morgan fingerprint density at radius 1 is 1.47 bits per heavy atom. The van der Waals surface area contributed by atoms with Gasteiger partial charge in [0.25, 0.3) is 0 Å². The second kappa shape index (κ2) is 4.06. The van der Waals surface area contributed by atoms with E-state index in [-0.39, 0.29) is 17.0 Å². The number of nitrogens with zero attached hydrogens (tertiary/aromatic N) is 2. The lowest BCUT2D eigenvalue weighted by Crippen LogP contribution is -1.94. The first kappa shape index (κ1) is 10.8. The van der Waals surface area contributed by atoms with E-state index in [9.17, 15) is 9.18 Å². The fourth-order valence-electron chi connectivity index (χ4n) is 1.28. The van der Waals surface area contributed by atoms with Crippen molar-refractivity contribution in [2.45, 2.75) is 0 Å². The predicted octanol–water partition coefficient (Wildman–Crippen LogP) is 2.05. The van der Waals surface area contributed by atoms with Gasteiger partial charge in [0.15, 0.2) is 11.5 Å². The van der Waals surface area contributed by atoms with Crippen molar-refractivity contribution in [3.8, 4) is 17.4 Å². The maximum atomic E-state index is 13.1. The number of carbonyl (C=O) groups is 1. The van der Waals surface area contributed by atoms with E-state index in [1.54, 1.807) is 6.07 Å². The molecule has 0 unspecified atom stereocenters. The Morgan fingerprint density at radius 2 is 2.24 bits per heavy atom. The minimum atomic E-state index is -1.22. The lowest BCUT2D eigenvalue weighted by molar-refractivity contribution is 0.0686. The summed E-state index contributed by atoms with van der Waals surface area (Å²) < 4.78 is 17.8. The minimum Gasteiger partial charge on any atom is -0.476 e. The molecule has 0 spiro atoms. The number of benzene rings is 1. The highest BCUT2D eigenvalue weighted by Gasteiger charge is 2.13. The first-order valence-electron chi connectivity index (χ1n) is 4.52. The number of halogens is 1. The van der Waals surface area contributed by atoms with Crippen LogP contribution < -0.4 is 0 Å². The molecule has 0 atom stereocenters. The average molecular weight is 232 g/mol. The first-order valence-corrected chi connectivity index (χ1v) is 4.52. The molecule has 6 heteroatoms. The van der Waals surface area contributed by atoms with Gasteiger partial charge in [0.2, 0.25) is 0 Å². The van der Waals surface area contributed by atoms with Crippen molar-refractivity contribution < 1.29 is 18.8 Å². The van der Waals surface area contributed by atoms with Crippen molar-refractivity contribution in [1.29, 1.82) is 5.26 Å². The van der Waals surface area contributed by atoms with E-state index in [4.69, 9.17) is 14.9 Å². The standard InChI is InChI=1S/C11H5FN2O3/c12-8-2-1-6(3-7(8)5-13)10-4-9(11(15)16)14-17-10/h1-4H,(H,15,16). The van der Waals surface area contributed by atoms with Crippen molar-refractivity contribution in [3.63, 3.8) is 0 Å². The van der Waals surface area contributed by atoms with Gasteiger partial charge in [-0.05, 0) is 18.2 Å². The van der Waals surface area contributed by atoms with Crippen LogP contribution >= 0.6 is 0 Å². The summed E-state index contributed by atoms with van der Waals surface area (Å²) in [5.41, 5.74) is 0.00144. The number of nitriles is 1. The van der Waals surface area contributed by atoms with Gasteiger partial charge in [0.05, 0.1) is 5.56 Å². The van der Waals surface area contributed by atoms with Crippen LogP contribution in [0.4, 0.5) is 4.39 Å². The molecule has 0 aliphatic carbocycles. The Kier molecular flexibility index (Phi) is 2.58. The molecule has 2 rings (SSSR count). The van der Waals surface area contributed by atoms with Crippen molar-refractivity contribution in [2.24, 2.45) is 0 Å². The molecule has 2 aromatic rings. The summed E-state index contributed by atoms with van der Waals surface area (Å²) in [6.07, 6.45) is 0. The van der Waals surface area contributed by atoms with Crippen LogP contribution in [0, 0.1) is 17.1 Å². The van der Waals surface area contributed by atoms with E-state index < -0.39 is 11.8 Å². The average Bonchev–Trinajstić information content (AvgIpc) is 2.79. The summed E-state index contributed by atoms with van der Waals surface area (Å²) in [7, 11) is 0. The molecule has 84 valence electrons. The zero-order valence-electron chi connectivity index (χ0n) is 8.35. The Balaban J connectivity index is 2.46. The molecule has 1 aromatic carbocycles. The molecular weight excluding hydrogens is 227 g/mol. The molecule has 1 heterocycles. The van der Waals surface area contributed by atoms with Gasteiger partial charge in [-0.25, -0.2) is 9.18 Å². The molecule has 0 fully saturated rings. The highest BCUT2D eigenvalue weighted by molar-refractivity contribution is 5.86. The van der Waals surface area contributed by atoms with Crippen LogP contribution in [0.15, 0.2) is 28.8 Å². The third kappa shape index (κ3) is 1.99. The van der Waals surface area contributed by atoms with E-state index in [0.717, 1.165) is 6.07 Å². The zero-order chi connectivity index (χ0) is 12.4. The maximum absolute atomic E-state index is 13.1. The van der Waals surface area contributed by atoms with Gasteiger partial charge < -0.3 is 9.63 Å². The summed E-state index contributed by atoms with van der Waals surface area (Å²) in [6, 6.07) is 6.64. The van der Waals surface area contributed by atoms with E-state index >= 15 is 0 Å². The van der Waals surface area contributed by atoms with E-state index in [1.807, 2.05) is 0 Å². The van der Waals surface area contributed by atoms with Crippen LogP contribution in [0.1, 0.15) is 16.1 Å². The summed E-state index contributed by atoms with van der Waals surface area (Å²) in [5.74, 6) is -1.70. The molecule has 0 saturated carbocycles. The van der Waals surface area contributed by atoms with Crippen molar-refractivity contribution in [2.75, 3.05) is 0 Å². The smallest absolute Gasteiger partial charge is 0.358 e. The molecule has 0 radical (unpaired) electrons. The lowest BCUT2D eigenvalue weighted by Gasteiger charge is -1.96. The van der Waals surface area contributed by atoms with E-state index in [1.165, 1.54) is 18.2 Å². The Hall–Kier alpha value is -2.68. The predicted molar refractivity (Wildman–Crippen MR) is 53.6 cm³/mol. The number of aromatic nitrogens is 1. The molecule has 0 amide bonds. The highest BCUT2D eigenvalue weighted by Crippen LogP contribution is 2.22. The molecule has 0 bridgehead atoms. The quantitative estimate of drug-likeness (QED) is 0.856. The van der Waals surface area contributed by atoms with Crippen LogP contribution in [-0.4, -0.2) is 16.2 Å². The number of hydrogen-bond acceptors (Lipinski definition) is 4. The van der Waals surface area contributed by atoms with Gasteiger partial charge in [0.1, 0.15) is 11.9 Å². The topological polar surface area (TPSA) is 87.1 Å². The third-order valence-corrected chi connectivity index (χ3v) is 2.10. The van der Waals surface area contributed by atoms with Gasteiger partial charge in [0, 0.05) is 11.6 Å². The fourth-order valence-corrected chi connectivity index (χ4v) is 1.28. The normalized spacial score (nSPS) is 9.88. The largest absolute Gasteiger partial charge is 0.476 e. The van der Waals surface area contributed by atoms with Crippen LogP contribution in [0.5, 0.6) is 0 Å². The van der Waals surface area contributed by atoms with Crippen LogP contribution in [0.25, 0.3) is 11.3 Å². The SMILES string of the molecule is N#Cc1cc(-c2cc(C(=O)O)no2)ccc1F. The summed E-state index contributed by atoms with van der Waals surface area (Å²) >= 11 is 0. The molecule has 0 saturated heterocycles. The molecule has 1 aromatic heterocycles. The Labute approximate surface area is 94.7 Å². The summed E-state index contributed by atoms with van der Waals surface area (Å²) in [5, 5.41) is 20.6. The van der Waals surface area contributed by atoms with Crippen LogP contribution in [-0.2, 0) is 0 Å². The maximum Gasteiger partial charge on any atom is 0.358 e. The zero-order valence-corrected chi connectivity index (χ0v) is 8.35.